The number of hydrogen-bond acceptors (Lipinski definition) is 4. The Labute approximate surface area is 154 Å². The predicted octanol–water partition coefficient (Wildman–Crippen LogP) is 3.51. The van der Waals surface area contributed by atoms with Gasteiger partial charge in [-0.3, -0.25) is 4.79 Å². The zero-order valence-electron chi connectivity index (χ0n) is 13.0. The number of hydrazone groups is 1. The Morgan fingerprint density at radius 2 is 2.00 bits per heavy atom. The first kappa shape index (κ1) is 18.8. The van der Waals surface area contributed by atoms with Crippen LogP contribution in [0.1, 0.15) is 13.8 Å². The molecular weight excluding hydrogens is 377 g/mol. The number of carbonyl (C=O) groups excluding carboxylic acids is 2. The predicted molar refractivity (Wildman–Crippen MR) is 94.8 cm³/mol. The molecule has 2 atom stereocenters. The molecule has 1 aliphatic heterocycles. The SMILES string of the molecule is CCOC(=O)N[C@@H]([C@@H]1C(=O)N(c2ccccc2)N=C1C)C(Cl)(Cl)Cl. The summed E-state index contributed by atoms with van der Waals surface area (Å²) in [6.45, 7) is 3.44. The molecular formula is C15H16Cl3N3O3. The summed E-state index contributed by atoms with van der Waals surface area (Å²) < 4.78 is 2.90. The van der Waals surface area contributed by atoms with Crippen molar-refractivity contribution in [1.82, 2.24) is 5.32 Å². The van der Waals surface area contributed by atoms with Gasteiger partial charge >= 0.3 is 6.09 Å². The van der Waals surface area contributed by atoms with E-state index >= 15 is 0 Å². The van der Waals surface area contributed by atoms with Gasteiger partial charge in [0.05, 0.1) is 24.0 Å². The Kier molecular flexibility index (Phi) is 5.96. The van der Waals surface area contributed by atoms with Gasteiger partial charge in [0.1, 0.15) is 5.92 Å². The van der Waals surface area contributed by atoms with Crippen molar-refractivity contribution in [3.05, 3.63) is 30.3 Å². The zero-order chi connectivity index (χ0) is 17.9. The second-order valence-corrected chi connectivity index (χ2v) is 7.46. The van der Waals surface area contributed by atoms with Gasteiger partial charge in [0.25, 0.3) is 5.91 Å². The van der Waals surface area contributed by atoms with Gasteiger partial charge in [-0.2, -0.15) is 5.10 Å². The molecule has 0 radical (unpaired) electrons. The van der Waals surface area contributed by atoms with Crippen molar-refractivity contribution in [3.8, 4) is 0 Å². The van der Waals surface area contributed by atoms with E-state index in [-0.39, 0.29) is 6.61 Å². The summed E-state index contributed by atoms with van der Waals surface area (Å²) in [6.07, 6.45) is -0.771. The third kappa shape index (κ3) is 4.12. The smallest absolute Gasteiger partial charge is 0.407 e. The van der Waals surface area contributed by atoms with Gasteiger partial charge in [0, 0.05) is 0 Å². The van der Waals surface area contributed by atoms with Crippen LogP contribution in [0.25, 0.3) is 0 Å². The number of para-hydroxylation sites is 1. The summed E-state index contributed by atoms with van der Waals surface area (Å²) in [7, 11) is 0. The van der Waals surface area contributed by atoms with Crippen LogP contribution in [0.3, 0.4) is 0 Å². The molecule has 0 unspecified atom stereocenters. The van der Waals surface area contributed by atoms with Crippen LogP contribution in [0.5, 0.6) is 0 Å². The van der Waals surface area contributed by atoms with Gasteiger partial charge in [-0.15, -0.1) is 0 Å². The lowest BCUT2D eigenvalue weighted by atomic mass is 9.96. The molecule has 0 spiro atoms. The highest BCUT2D eigenvalue weighted by molar-refractivity contribution is 6.68. The van der Waals surface area contributed by atoms with Crippen molar-refractivity contribution in [2.75, 3.05) is 11.6 Å². The summed E-state index contributed by atoms with van der Waals surface area (Å²) >= 11 is 17.9. The molecule has 1 heterocycles. The Bertz CT molecular complexity index is 646. The van der Waals surface area contributed by atoms with Gasteiger partial charge in [-0.25, -0.2) is 9.80 Å². The first-order valence-electron chi connectivity index (χ1n) is 7.19. The van der Waals surface area contributed by atoms with Crippen molar-refractivity contribution in [1.29, 1.82) is 0 Å². The minimum absolute atomic E-state index is 0.153. The average molecular weight is 393 g/mol. The summed E-state index contributed by atoms with van der Waals surface area (Å²) in [5.74, 6) is -1.31. The van der Waals surface area contributed by atoms with E-state index in [1.54, 1.807) is 38.1 Å². The second kappa shape index (κ2) is 7.59. The van der Waals surface area contributed by atoms with Crippen LogP contribution in [0.15, 0.2) is 35.4 Å². The number of rotatable bonds is 4. The van der Waals surface area contributed by atoms with Gasteiger partial charge < -0.3 is 10.1 Å². The van der Waals surface area contributed by atoms with E-state index in [0.29, 0.717) is 11.4 Å². The van der Waals surface area contributed by atoms with Crippen LogP contribution in [0, 0.1) is 5.92 Å². The number of amides is 2. The molecule has 1 aromatic rings. The van der Waals surface area contributed by atoms with Crippen LogP contribution in [0.4, 0.5) is 10.5 Å². The number of alkyl carbamates (subject to hydrolysis) is 1. The van der Waals surface area contributed by atoms with E-state index < -0.39 is 27.8 Å². The number of halogens is 3. The number of hydrogen-bond donors (Lipinski definition) is 1. The summed E-state index contributed by atoms with van der Waals surface area (Å²) in [6, 6.07) is 7.74. The highest BCUT2D eigenvalue weighted by atomic mass is 35.6. The van der Waals surface area contributed by atoms with Crippen molar-refractivity contribution in [2.45, 2.75) is 23.7 Å². The van der Waals surface area contributed by atoms with Crippen molar-refractivity contribution in [3.63, 3.8) is 0 Å². The number of carbonyl (C=O) groups is 2. The minimum Gasteiger partial charge on any atom is -0.450 e. The largest absolute Gasteiger partial charge is 0.450 e. The van der Waals surface area contributed by atoms with Gasteiger partial charge in [0.15, 0.2) is 0 Å². The highest BCUT2D eigenvalue weighted by Crippen LogP contribution is 2.38. The lowest BCUT2D eigenvalue weighted by molar-refractivity contribution is -0.120. The molecule has 1 aromatic carbocycles. The van der Waals surface area contributed by atoms with Crippen LogP contribution >= 0.6 is 34.8 Å². The fourth-order valence-electron chi connectivity index (χ4n) is 2.37. The summed E-state index contributed by atoms with van der Waals surface area (Å²) in [5.41, 5.74) is 1.01. The first-order chi connectivity index (χ1) is 11.3. The third-order valence-corrected chi connectivity index (χ3v) is 4.12. The van der Waals surface area contributed by atoms with Crippen molar-refractivity contribution in [2.24, 2.45) is 11.0 Å². The Balaban J connectivity index is 2.29. The van der Waals surface area contributed by atoms with E-state index in [0.717, 1.165) is 0 Å². The Hall–Kier alpha value is -1.50. The number of nitrogens with one attached hydrogen (secondary N) is 1. The zero-order valence-corrected chi connectivity index (χ0v) is 15.3. The molecule has 2 rings (SSSR count). The van der Waals surface area contributed by atoms with Crippen LogP contribution < -0.4 is 10.3 Å². The standard InChI is InChI=1S/C15H16Cl3N3O3/c1-3-24-14(23)19-12(15(16,17)18)11-9(2)20-21(13(11)22)10-7-5-4-6-8-10/h4-8,11-12H,3H2,1-2H3,(H,19,23)/t11-,12+/m1/s1. The fraction of sp³-hybridized carbons (Fsp3) is 0.400. The topological polar surface area (TPSA) is 71.0 Å². The van der Waals surface area contributed by atoms with Crippen LogP contribution in [-0.2, 0) is 9.53 Å². The first-order valence-corrected chi connectivity index (χ1v) is 8.33. The molecule has 9 heteroatoms. The van der Waals surface area contributed by atoms with Crippen LogP contribution in [-0.4, -0.2) is 34.2 Å². The molecule has 0 aliphatic carbocycles. The fourth-order valence-corrected chi connectivity index (χ4v) is 2.91. The molecule has 24 heavy (non-hydrogen) atoms. The Morgan fingerprint density at radius 3 is 2.54 bits per heavy atom. The molecule has 0 saturated carbocycles. The second-order valence-electron chi connectivity index (χ2n) is 5.09. The van der Waals surface area contributed by atoms with E-state index in [1.807, 2.05) is 6.07 Å². The number of alkyl halides is 3. The van der Waals surface area contributed by atoms with E-state index in [2.05, 4.69) is 10.4 Å². The number of benzene rings is 1. The monoisotopic (exact) mass is 391 g/mol. The summed E-state index contributed by atoms with van der Waals surface area (Å²) in [5, 5.41) is 7.92. The van der Waals surface area contributed by atoms with Crippen molar-refractivity contribution < 1.29 is 14.3 Å². The maximum atomic E-state index is 12.8. The quantitative estimate of drug-likeness (QED) is 0.797. The van der Waals surface area contributed by atoms with E-state index in [4.69, 9.17) is 39.5 Å². The van der Waals surface area contributed by atoms with Crippen LogP contribution in [0.2, 0.25) is 0 Å². The highest BCUT2D eigenvalue weighted by Gasteiger charge is 2.49. The van der Waals surface area contributed by atoms with E-state index in [9.17, 15) is 9.59 Å². The Morgan fingerprint density at radius 1 is 1.38 bits per heavy atom. The lowest BCUT2D eigenvalue weighted by Crippen LogP contribution is -2.53. The maximum absolute atomic E-state index is 12.8. The average Bonchev–Trinajstić information content (AvgIpc) is 2.80. The molecule has 0 fully saturated rings. The normalized spacial score (nSPS) is 19.0. The third-order valence-electron chi connectivity index (χ3n) is 3.42. The molecule has 6 nitrogen and oxygen atoms in total. The molecule has 0 aromatic heterocycles. The van der Waals surface area contributed by atoms with Crippen molar-refractivity contribution >= 4 is 58.2 Å². The van der Waals surface area contributed by atoms with E-state index in [1.165, 1.54) is 5.01 Å². The van der Waals surface area contributed by atoms with Gasteiger partial charge in [-0.1, -0.05) is 53.0 Å². The molecule has 1 aliphatic rings. The molecule has 1 N–H and O–H groups in total. The number of nitrogens with zero attached hydrogens (tertiary/aromatic N) is 2. The number of ether oxygens (including phenoxy) is 1. The molecule has 130 valence electrons. The van der Waals surface area contributed by atoms with Gasteiger partial charge in [-0.05, 0) is 26.0 Å². The van der Waals surface area contributed by atoms with Gasteiger partial charge in [0.2, 0.25) is 3.79 Å². The number of anilines is 1. The molecule has 0 bridgehead atoms. The minimum atomic E-state index is -1.92. The lowest BCUT2D eigenvalue weighted by Gasteiger charge is -2.29. The summed E-state index contributed by atoms with van der Waals surface area (Å²) in [4.78, 5) is 24.5. The maximum Gasteiger partial charge on any atom is 0.407 e. The molecule has 2 amide bonds. The molecule has 0 saturated heterocycles.